The molecule has 0 aliphatic heterocycles. The fourth-order valence-electron chi connectivity index (χ4n) is 2.24. The summed E-state index contributed by atoms with van der Waals surface area (Å²) in [5.74, 6) is 0.345. The van der Waals surface area contributed by atoms with Gasteiger partial charge in [-0.05, 0) is 55.9 Å². The lowest BCUT2D eigenvalue weighted by Crippen LogP contribution is -2.39. The van der Waals surface area contributed by atoms with Crippen LogP contribution in [-0.4, -0.2) is 30.8 Å². The first-order valence-electron chi connectivity index (χ1n) is 8.04. The van der Waals surface area contributed by atoms with E-state index in [-0.39, 0.29) is 11.6 Å². The number of anilines is 1. The lowest BCUT2D eigenvalue weighted by Gasteiger charge is -2.18. The molecule has 5 nitrogen and oxygen atoms in total. The molecule has 7 heteroatoms. The number of rotatable bonds is 6. The van der Waals surface area contributed by atoms with E-state index in [0.717, 1.165) is 11.3 Å². The van der Waals surface area contributed by atoms with Crippen LogP contribution in [0.3, 0.4) is 0 Å². The maximum Gasteiger partial charge on any atom is 0.339 e. The molecule has 0 aliphatic carbocycles. The van der Waals surface area contributed by atoms with Crippen molar-refractivity contribution in [2.75, 3.05) is 19.0 Å². The van der Waals surface area contributed by atoms with E-state index in [0.29, 0.717) is 22.4 Å². The molecule has 0 heterocycles. The van der Waals surface area contributed by atoms with Crippen LogP contribution in [0, 0.1) is 6.92 Å². The lowest BCUT2D eigenvalue weighted by atomic mass is 10.2. The second kappa shape index (κ2) is 9.40. The number of thiocarbonyl (C=S) groups is 1. The van der Waals surface area contributed by atoms with Crippen LogP contribution >= 0.6 is 23.8 Å². The molecule has 0 aromatic heterocycles. The van der Waals surface area contributed by atoms with Gasteiger partial charge < -0.3 is 20.1 Å². The molecule has 0 amide bonds. The van der Waals surface area contributed by atoms with Gasteiger partial charge in [-0.3, -0.25) is 0 Å². The highest BCUT2D eigenvalue weighted by atomic mass is 35.5. The van der Waals surface area contributed by atoms with Crippen molar-refractivity contribution >= 4 is 40.6 Å². The number of aryl methyl sites for hydroxylation is 1. The van der Waals surface area contributed by atoms with E-state index in [4.69, 9.17) is 33.3 Å². The Morgan fingerprint density at radius 3 is 2.69 bits per heavy atom. The van der Waals surface area contributed by atoms with E-state index < -0.39 is 5.97 Å². The maximum absolute atomic E-state index is 11.7. The summed E-state index contributed by atoms with van der Waals surface area (Å²) < 4.78 is 10.5. The molecule has 26 heavy (non-hydrogen) atoms. The smallest absolute Gasteiger partial charge is 0.339 e. The summed E-state index contributed by atoms with van der Waals surface area (Å²) in [5, 5.41) is 6.91. The van der Waals surface area contributed by atoms with Crippen molar-refractivity contribution in [1.29, 1.82) is 0 Å². The minimum atomic E-state index is -0.502. The van der Waals surface area contributed by atoms with Crippen molar-refractivity contribution in [1.82, 2.24) is 5.32 Å². The Hall–Kier alpha value is -2.31. The van der Waals surface area contributed by atoms with Gasteiger partial charge in [-0.25, -0.2) is 4.79 Å². The van der Waals surface area contributed by atoms with E-state index >= 15 is 0 Å². The van der Waals surface area contributed by atoms with Gasteiger partial charge in [0.1, 0.15) is 12.4 Å². The zero-order valence-electron chi connectivity index (χ0n) is 14.8. The van der Waals surface area contributed by atoms with Gasteiger partial charge in [0, 0.05) is 5.69 Å². The van der Waals surface area contributed by atoms with Gasteiger partial charge in [0.2, 0.25) is 0 Å². The van der Waals surface area contributed by atoms with Crippen LogP contribution in [0.4, 0.5) is 5.69 Å². The number of carbonyl (C=O) groups excluding carboxylic acids is 1. The number of halogens is 1. The highest BCUT2D eigenvalue weighted by molar-refractivity contribution is 7.80. The summed E-state index contributed by atoms with van der Waals surface area (Å²) in [6, 6.07) is 12.8. The highest BCUT2D eigenvalue weighted by Crippen LogP contribution is 2.21. The molecule has 2 rings (SSSR count). The average Bonchev–Trinajstić information content (AvgIpc) is 2.62. The first-order chi connectivity index (χ1) is 12.4. The lowest BCUT2D eigenvalue weighted by molar-refractivity contribution is 0.0601. The first kappa shape index (κ1) is 20.0. The van der Waals surface area contributed by atoms with Crippen molar-refractivity contribution in [2.24, 2.45) is 0 Å². The van der Waals surface area contributed by atoms with E-state index in [9.17, 15) is 4.79 Å². The normalized spacial score (nSPS) is 11.4. The number of para-hydroxylation sites is 1. The van der Waals surface area contributed by atoms with Gasteiger partial charge in [0.25, 0.3) is 0 Å². The summed E-state index contributed by atoms with van der Waals surface area (Å²) >= 11 is 11.3. The topological polar surface area (TPSA) is 59.6 Å². The molecule has 1 atom stereocenters. The molecule has 2 aromatic carbocycles. The van der Waals surface area contributed by atoms with Gasteiger partial charge >= 0.3 is 5.97 Å². The minimum Gasteiger partial charge on any atom is -0.491 e. The van der Waals surface area contributed by atoms with Crippen LogP contribution < -0.4 is 15.4 Å². The van der Waals surface area contributed by atoms with Crippen LogP contribution in [0.15, 0.2) is 42.5 Å². The van der Waals surface area contributed by atoms with Crippen LogP contribution in [0.5, 0.6) is 5.75 Å². The second-order valence-corrected chi connectivity index (χ2v) is 6.58. The molecule has 2 N–H and O–H groups in total. The van der Waals surface area contributed by atoms with Crippen LogP contribution in [-0.2, 0) is 4.74 Å². The molecule has 0 unspecified atom stereocenters. The Bertz CT molecular complexity index is 798. The summed E-state index contributed by atoms with van der Waals surface area (Å²) in [6.45, 7) is 4.42. The fourth-order valence-corrected chi connectivity index (χ4v) is 2.75. The third-order valence-corrected chi connectivity index (χ3v) is 4.14. The Labute approximate surface area is 163 Å². The number of hydrogen-bond acceptors (Lipinski definition) is 4. The Kier molecular flexibility index (Phi) is 7.24. The summed E-state index contributed by atoms with van der Waals surface area (Å²) in [7, 11) is 1.31. The third-order valence-electron chi connectivity index (χ3n) is 3.59. The van der Waals surface area contributed by atoms with Crippen molar-refractivity contribution in [2.45, 2.75) is 19.9 Å². The maximum atomic E-state index is 11.7. The van der Waals surface area contributed by atoms with E-state index in [2.05, 4.69) is 10.6 Å². The molecular formula is C19H21ClN2O3S. The zero-order chi connectivity index (χ0) is 19.1. The van der Waals surface area contributed by atoms with Gasteiger partial charge in [-0.2, -0.15) is 0 Å². The molecule has 0 saturated carbocycles. The SMILES string of the molecule is COC(=O)c1cc(NC(=S)N[C@H](C)COc2ccccc2C)ccc1Cl. The standard InChI is InChI=1S/C19H21ClN2O3S/c1-12-6-4-5-7-17(12)25-11-13(2)21-19(26)22-14-8-9-16(20)15(10-14)18(23)24-3/h4-10,13H,11H2,1-3H3,(H2,21,22,26)/t13-/m1/s1. The minimum absolute atomic E-state index is 0.0121. The fraction of sp³-hybridized carbons (Fsp3) is 0.263. The number of ether oxygens (including phenoxy) is 2. The number of esters is 1. The van der Waals surface area contributed by atoms with Gasteiger partial charge in [-0.1, -0.05) is 29.8 Å². The molecule has 0 fully saturated rings. The Morgan fingerprint density at radius 2 is 2.00 bits per heavy atom. The van der Waals surface area contributed by atoms with Gasteiger partial charge in [-0.15, -0.1) is 0 Å². The van der Waals surface area contributed by atoms with Crippen molar-refractivity contribution in [3.63, 3.8) is 0 Å². The second-order valence-electron chi connectivity index (χ2n) is 5.76. The number of benzene rings is 2. The largest absolute Gasteiger partial charge is 0.491 e. The van der Waals surface area contributed by atoms with E-state index in [1.54, 1.807) is 18.2 Å². The predicted molar refractivity (Wildman–Crippen MR) is 108 cm³/mol. The van der Waals surface area contributed by atoms with Gasteiger partial charge in [0.05, 0.1) is 23.7 Å². The molecule has 0 bridgehead atoms. The Morgan fingerprint density at radius 1 is 1.27 bits per heavy atom. The van der Waals surface area contributed by atoms with Gasteiger partial charge in [0.15, 0.2) is 5.11 Å². The zero-order valence-corrected chi connectivity index (χ0v) is 16.4. The first-order valence-corrected chi connectivity index (χ1v) is 8.83. The van der Waals surface area contributed by atoms with E-state index in [1.165, 1.54) is 7.11 Å². The summed E-state index contributed by atoms with van der Waals surface area (Å²) in [5.41, 5.74) is 1.99. The molecule has 138 valence electrons. The quantitative estimate of drug-likeness (QED) is 0.567. The average molecular weight is 393 g/mol. The molecule has 0 radical (unpaired) electrons. The molecular weight excluding hydrogens is 372 g/mol. The predicted octanol–water partition coefficient (Wildman–Crippen LogP) is 4.19. The van der Waals surface area contributed by atoms with Crippen molar-refractivity contribution in [3.05, 3.63) is 58.6 Å². The van der Waals surface area contributed by atoms with Crippen molar-refractivity contribution < 1.29 is 14.3 Å². The number of nitrogens with one attached hydrogen (secondary N) is 2. The number of methoxy groups -OCH3 is 1. The van der Waals surface area contributed by atoms with Crippen LogP contribution in [0.1, 0.15) is 22.8 Å². The van der Waals surface area contributed by atoms with Crippen LogP contribution in [0.2, 0.25) is 5.02 Å². The molecule has 0 saturated heterocycles. The molecule has 0 aliphatic rings. The molecule has 0 spiro atoms. The summed E-state index contributed by atoms with van der Waals surface area (Å²) in [4.78, 5) is 11.7. The number of carbonyl (C=O) groups is 1. The number of hydrogen-bond donors (Lipinski definition) is 2. The molecule has 2 aromatic rings. The van der Waals surface area contributed by atoms with Crippen LogP contribution in [0.25, 0.3) is 0 Å². The Balaban J connectivity index is 1.90. The summed E-state index contributed by atoms with van der Waals surface area (Å²) in [6.07, 6.45) is 0. The monoisotopic (exact) mass is 392 g/mol. The third kappa shape index (κ3) is 5.61. The van der Waals surface area contributed by atoms with E-state index in [1.807, 2.05) is 38.1 Å². The highest BCUT2D eigenvalue weighted by Gasteiger charge is 2.12. The van der Waals surface area contributed by atoms with Crippen molar-refractivity contribution in [3.8, 4) is 5.75 Å².